The highest BCUT2D eigenvalue weighted by Gasteiger charge is 2.24. The van der Waals surface area contributed by atoms with E-state index in [2.05, 4.69) is 29.3 Å². The van der Waals surface area contributed by atoms with Crippen LogP contribution in [0, 0.1) is 6.92 Å². The summed E-state index contributed by atoms with van der Waals surface area (Å²) in [6.45, 7) is 2.54. The van der Waals surface area contributed by atoms with Gasteiger partial charge in [-0.1, -0.05) is 11.6 Å². The summed E-state index contributed by atoms with van der Waals surface area (Å²) in [5.41, 5.74) is 5.07. The molecule has 1 amide bonds. The number of fused-ring (bicyclic) bond motifs is 2. The minimum absolute atomic E-state index is 0.00962. The number of nitrogens with one attached hydrogen (secondary N) is 1. The molecule has 0 fully saturated rings. The van der Waals surface area contributed by atoms with E-state index in [1.165, 1.54) is 0 Å². The molecule has 0 aliphatic heterocycles. The van der Waals surface area contributed by atoms with E-state index in [9.17, 15) is 4.79 Å². The molecule has 4 rings (SSSR count). The molecule has 28 heavy (non-hydrogen) atoms. The second-order valence-electron chi connectivity index (χ2n) is 7.84. The number of amides is 1. The Morgan fingerprint density at radius 2 is 2.07 bits per heavy atom. The summed E-state index contributed by atoms with van der Waals surface area (Å²) in [4.78, 5) is 20.3. The van der Waals surface area contributed by atoms with Gasteiger partial charge >= 0.3 is 0 Å². The third-order valence-electron chi connectivity index (χ3n) is 5.60. The highest BCUT2D eigenvalue weighted by Crippen LogP contribution is 2.30. The van der Waals surface area contributed by atoms with Crippen molar-refractivity contribution in [2.45, 2.75) is 38.6 Å². The zero-order chi connectivity index (χ0) is 19.7. The quantitative estimate of drug-likeness (QED) is 0.729. The van der Waals surface area contributed by atoms with Gasteiger partial charge in [0.05, 0.1) is 23.4 Å². The van der Waals surface area contributed by atoms with Gasteiger partial charge in [0.15, 0.2) is 0 Å². The van der Waals surface area contributed by atoms with Crippen molar-refractivity contribution in [3.05, 3.63) is 64.7 Å². The summed E-state index contributed by atoms with van der Waals surface area (Å²) in [5, 5.41) is 4.12. The first-order valence-electron chi connectivity index (χ1n) is 9.94. The Kier molecular flexibility index (Phi) is 5.18. The first kappa shape index (κ1) is 18.7. The van der Waals surface area contributed by atoms with Gasteiger partial charge in [-0.25, -0.2) is 0 Å². The van der Waals surface area contributed by atoms with Crippen molar-refractivity contribution in [3.63, 3.8) is 0 Å². The van der Waals surface area contributed by atoms with Crippen LogP contribution in [0.3, 0.4) is 0 Å². The average Bonchev–Trinajstić information content (AvgIpc) is 3.20. The highest BCUT2D eigenvalue weighted by molar-refractivity contribution is 6.08. The van der Waals surface area contributed by atoms with E-state index in [1.54, 1.807) is 6.26 Å². The van der Waals surface area contributed by atoms with Crippen molar-refractivity contribution < 1.29 is 9.21 Å². The van der Waals surface area contributed by atoms with Crippen molar-refractivity contribution in [1.29, 1.82) is 0 Å². The van der Waals surface area contributed by atoms with Gasteiger partial charge in [-0.15, -0.1) is 0 Å². The molecule has 1 aliphatic carbocycles. The topological polar surface area (TPSA) is 58.4 Å². The Hall–Kier alpha value is -2.66. The summed E-state index contributed by atoms with van der Waals surface area (Å²) in [6, 6.07) is 9.99. The summed E-state index contributed by atoms with van der Waals surface area (Å²) in [5.74, 6) is 0.831. The van der Waals surface area contributed by atoms with Crippen LogP contribution in [0.25, 0.3) is 10.9 Å². The Balaban J connectivity index is 1.69. The van der Waals surface area contributed by atoms with E-state index in [0.717, 1.165) is 64.7 Å². The third-order valence-corrected chi connectivity index (χ3v) is 5.60. The molecule has 0 bridgehead atoms. The number of carbonyl (C=O) groups is 1. The fraction of sp³-hybridized carbons (Fsp3) is 0.391. The van der Waals surface area contributed by atoms with Crippen molar-refractivity contribution >= 4 is 16.8 Å². The van der Waals surface area contributed by atoms with E-state index < -0.39 is 0 Å². The third kappa shape index (κ3) is 3.54. The van der Waals surface area contributed by atoms with Gasteiger partial charge in [0, 0.05) is 17.6 Å². The maximum atomic E-state index is 13.4. The molecule has 1 aliphatic rings. The summed E-state index contributed by atoms with van der Waals surface area (Å²) >= 11 is 0. The van der Waals surface area contributed by atoms with E-state index in [-0.39, 0.29) is 11.9 Å². The zero-order valence-electron chi connectivity index (χ0n) is 16.8. The van der Waals surface area contributed by atoms with Gasteiger partial charge in [0.1, 0.15) is 5.76 Å². The van der Waals surface area contributed by atoms with Crippen LogP contribution in [0.5, 0.6) is 0 Å². The molecule has 0 saturated carbocycles. The van der Waals surface area contributed by atoms with Crippen LogP contribution in [-0.2, 0) is 12.8 Å². The highest BCUT2D eigenvalue weighted by atomic mass is 16.3. The molecule has 146 valence electrons. The van der Waals surface area contributed by atoms with Gasteiger partial charge < -0.3 is 9.73 Å². The minimum atomic E-state index is -0.0189. The number of hydrogen-bond donors (Lipinski definition) is 1. The molecule has 3 aromatic rings. The Morgan fingerprint density at radius 1 is 1.25 bits per heavy atom. The van der Waals surface area contributed by atoms with Crippen LogP contribution in [0.2, 0.25) is 0 Å². The first-order chi connectivity index (χ1) is 13.5. The predicted molar refractivity (Wildman–Crippen MR) is 111 cm³/mol. The normalized spacial score (nSPS) is 14.9. The fourth-order valence-electron chi connectivity index (χ4n) is 4.09. The van der Waals surface area contributed by atoms with E-state index in [0.29, 0.717) is 6.54 Å². The van der Waals surface area contributed by atoms with Crippen molar-refractivity contribution in [3.8, 4) is 0 Å². The number of nitrogens with zero attached hydrogens (tertiary/aromatic N) is 2. The molecule has 1 N–H and O–H groups in total. The zero-order valence-corrected chi connectivity index (χ0v) is 16.8. The van der Waals surface area contributed by atoms with Gasteiger partial charge in [0.25, 0.3) is 5.91 Å². The van der Waals surface area contributed by atoms with Crippen LogP contribution in [-0.4, -0.2) is 36.4 Å². The lowest BCUT2D eigenvalue weighted by molar-refractivity contribution is 0.0939. The van der Waals surface area contributed by atoms with Gasteiger partial charge in [0.2, 0.25) is 0 Å². The number of pyridine rings is 1. The lowest BCUT2D eigenvalue weighted by Crippen LogP contribution is -2.35. The fourth-order valence-corrected chi connectivity index (χ4v) is 4.09. The maximum absolute atomic E-state index is 13.4. The molecule has 5 nitrogen and oxygen atoms in total. The lowest BCUT2D eigenvalue weighted by Gasteiger charge is -2.24. The van der Waals surface area contributed by atoms with Gasteiger partial charge in [-0.3, -0.25) is 14.7 Å². The number of likely N-dealkylation sites (N-methyl/N-ethyl adjacent to an activating group) is 1. The first-order valence-corrected chi connectivity index (χ1v) is 9.94. The molecule has 0 radical (unpaired) electrons. The number of aryl methyl sites for hydroxylation is 2. The van der Waals surface area contributed by atoms with Crippen molar-refractivity contribution in [2.24, 2.45) is 0 Å². The summed E-state index contributed by atoms with van der Waals surface area (Å²) < 4.78 is 5.57. The number of furan rings is 1. The molecule has 1 unspecified atom stereocenters. The molecule has 5 heteroatoms. The van der Waals surface area contributed by atoms with E-state index >= 15 is 0 Å². The smallest absolute Gasteiger partial charge is 0.252 e. The SMILES string of the molecule is Cc1ccc2nc3c(c(C(=O)NCC(c4ccco4)N(C)C)c2c1)CCCC3. The lowest BCUT2D eigenvalue weighted by atomic mass is 9.89. The molecule has 1 atom stereocenters. The van der Waals surface area contributed by atoms with Crippen molar-refractivity contribution in [2.75, 3.05) is 20.6 Å². The Morgan fingerprint density at radius 3 is 2.82 bits per heavy atom. The van der Waals surface area contributed by atoms with Crippen LogP contribution < -0.4 is 5.32 Å². The number of benzene rings is 1. The summed E-state index contributed by atoms with van der Waals surface area (Å²) in [6.07, 6.45) is 5.79. The molecular weight excluding hydrogens is 350 g/mol. The monoisotopic (exact) mass is 377 g/mol. The maximum Gasteiger partial charge on any atom is 0.252 e. The Labute approximate surface area is 165 Å². The van der Waals surface area contributed by atoms with Crippen LogP contribution in [0.4, 0.5) is 0 Å². The second-order valence-corrected chi connectivity index (χ2v) is 7.84. The molecule has 1 aromatic carbocycles. The van der Waals surface area contributed by atoms with Gasteiger partial charge in [-0.05, 0) is 76.5 Å². The second kappa shape index (κ2) is 7.76. The molecule has 2 heterocycles. The molecular formula is C23H27N3O2. The molecule has 0 saturated heterocycles. The Bertz CT molecular complexity index is 993. The number of aromatic nitrogens is 1. The van der Waals surface area contributed by atoms with E-state index in [4.69, 9.17) is 9.40 Å². The number of hydrogen-bond acceptors (Lipinski definition) is 4. The standard InChI is InChI=1S/C23H27N3O2/c1-15-10-11-19-17(13-15)22(16-7-4-5-8-18(16)25-19)23(27)24-14-20(26(2)3)21-9-6-12-28-21/h6,9-13,20H,4-5,7-8,14H2,1-3H3,(H,24,27). The average molecular weight is 377 g/mol. The number of rotatable bonds is 5. The largest absolute Gasteiger partial charge is 0.468 e. The minimum Gasteiger partial charge on any atom is -0.468 e. The number of carbonyl (C=O) groups excluding carboxylic acids is 1. The van der Waals surface area contributed by atoms with Crippen LogP contribution >= 0.6 is 0 Å². The van der Waals surface area contributed by atoms with Crippen molar-refractivity contribution in [1.82, 2.24) is 15.2 Å². The predicted octanol–water partition coefficient (Wildman–Crippen LogP) is 4.05. The van der Waals surface area contributed by atoms with Crippen LogP contribution in [0.15, 0.2) is 41.0 Å². The van der Waals surface area contributed by atoms with Crippen LogP contribution in [0.1, 0.15) is 51.8 Å². The molecule has 0 spiro atoms. The van der Waals surface area contributed by atoms with Gasteiger partial charge in [-0.2, -0.15) is 0 Å². The summed E-state index contributed by atoms with van der Waals surface area (Å²) in [7, 11) is 3.98. The van der Waals surface area contributed by atoms with E-state index in [1.807, 2.05) is 32.3 Å². The molecule has 2 aromatic heterocycles.